The zero-order valence-corrected chi connectivity index (χ0v) is 11.5. The molecule has 0 radical (unpaired) electrons. The second-order valence-corrected chi connectivity index (χ2v) is 10.7. The van der Waals surface area contributed by atoms with Gasteiger partial charge in [-0.3, -0.25) is 4.18 Å². The van der Waals surface area contributed by atoms with Gasteiger partial charge in [0.15, 0.2) is 8.32 Å². The van der Waals surface area contributed by atoms with Gasteiger partial charge < -0.3 is 4.43 Å². The Balaban J connectivity index is 2.35. The molecule has 1 unspecified atom stereocenters. The average molecular weight is 235 g/mol. The molecule has 0 aromatic rings. The Kier molecular flexibility index (Phi) is 4.05. The lowest BCUT2D eigenvalue weighted by molar-refractivity contribution is 0.234. The van der Waals surface area contributed by atoms with Crippen molar-refractivity contribution < 1.29 is 8.61 Å². The van der Waals surface area contributed by atoms with Crippen LogP contribution in [0, 0.1) is 0 Å². The van der Waals surface area contributed by atoms with Crippen LogP contribution < -0.4 is 4.72 Å². The summed E-state index contributed by atoms with van der Waals surface area (Å²) in [5.74, 6) is 0. The number of rotatable bonds is 3. The highest BCUT2D eigenvalue weighted by Gasteiger charge is 2.37. The van der Waals surface area contributed by atoms with E-state index < -0.39 is 8.32 Å². The van der Waals surface area contributed by atoms with Gasteiger partial charge in [0.05, 0.1) is 31.5 Å². The first-order valence-electron chi connectivity index (χ1n) is 5.01. The van der Waals surface area contributed by atoms with Gasteiger partial charge in [-0.2, -0.15) is 0 Å². The zero-order valence-electron chi connectivity index (χ0n) is 9.72. The van der Waals surface area contributed by atoms with Crippen molar-refractivity contribution in [1.82, 2.24) is 4.72 Å². The summed E-state index contributed by atoms with van der Waals surface area (Å²) in [6.45, 7) is 12.8. The van der Waals surface area contributed by atoms with Crippen molar-refractivity contribution in [3.8, 4) is 0 Å². The summed E-state index contributed by atoms with van der Waals surface area (Å²) in [5.41, 5.74) is 0. The smallest absolute Gasteiger partial charge is 0.192 e. The highest BCUT2D eigenvalue weighted by atomic mass is 32.2. The molecule has 0 amide bonds. The molecule has 0 spiro atoms. The van der Waals surface area contributed by atoms with Crippen molar-refractivity contribution >= 4 is 20.5 Å². The molecule has 1 aliphatic heterocycles. The van der Waals surface area contributed by atoms with Crippen molar-refractivity contribution in [3.63, 3.8) is 0 Å². The Morgan fingerprint density at radius 1 is 1.50 bits per heavy atom. The van der Waals surface area contributed by atoms with Gasteiger partial charge in [0.1, 0.15) is 0 Å². The molecule has 1 saturated heterocycles. The Labute approximate surface area is 92.4 Å². The van der Waals surface area contributed by atoms with Gasteiger partial charge in [0, 0.05) is 0 Å². The highest BCUT2D eigenvalue weighted by molar-refractivity contribution is 7.92. The van der Waals surface area contributed by atoms with E-state index >= 15 is 0 Å². The van der Waals surface area contributed by atoms with Crippen LogP contribution in [-0.4, -0.2) is 27.6 Å². The van der Waals surface area contributed by atoms with Crippen LogP contribution in [0.25, 0.3) is 0 Å². The fourth-order valence-corrected chi connectivity index (χ4v) is 2.48. The van der Waals surface area contributed by atoms with Crippen molar-refractivity contribution in [2.45, 2.75) is 44.9 Å². The lowest BCUT2D eigenvalue weighted by atomic mass is 10.2. The maximum Gasteiger partial charge on any atom is 0.192 e. The van der Waals surface area contributed by atoms with Gasteiger partial charge in [0.25, 0.3) is 0 Å². The number of hydrogen-bond donors (Lipinski definition) is 1. The van der Waals surface area contributed by atoms with Crippen LogP contribution in [0.15, 0.2) is 0 Å². The minimum atomic E-state index is -1.58. The number of nitrogens with one attached hydrogen (secondary N) is 1. The lowest BCUT2D eigenvalue weighted by Gasteiger charge is -2.36. The molecule has 1 N–H and O–H groups in total. The first-order chi connectivity index (χ1) is 6.33. The predicted octanol–water partition coefficient (Wildman–Crippen LogP) is 2.56. The van der Waals surface area contributed by atoms with E-state index in [-0.39, 0.29) is 0 Å². The Morgan fingerprint density at radius 2 is 2.14 bits per heavy atom. The average Bonchev–Trinajstić information content (AvgIpc) is 2.50. The van der Waals surface area contributed by atoms with Crippen molar-refractivity contribution in [3.05, 3.63) is 0 Å². The summed E-state index contributed by atoms with van der Waals surface area (Å²) in [6, 6.07) is 0.356. The Bertz CT molecular complexity index is 188. The third-order valence-corrected chi connectivity index (χ3v) is 8.18. The van der Waals surface area contributed by atoms with Crippen LogP contribution in [0.4, 0.5) is 0 Å². The molecule has 0 bridgehead atoms. The van der Waals surface area contributed by atoms with Crippen LogP contribution in [0.3, 0.4) is 0 Å². The molecule has 1 fully saturated rings. The summed E-state index contributed by atoms with van der Waals surface area (Å²) in [6.07, 6.45) is 0. The van der Waals surface area contributed by atoms with Gasteiger partial charge >= 0.3 is 0 Å². The van der Waals surface area contributed by atoms with Crippen LogP contribution in [0.5, 0.6) is 0 Å². The molecule has 1 aliphatic rings. The van der Waals surface area contributed by atoms with E-state index in [4.69, 9.17) is 8.61 Å². The molecule has 1 rings (SSSR count). The summed E-state index contributed by atoms with van der Waals surface area (Å²) < 4.78 is 14.4. The SMILES string of the molecule is CC(C)(C)[Si](C)(C)OCC1COSN1. The van der Waals surface area contributed by atoms with Gasteiger partial charge in [-0.05, 0) is 18.1 Å². The van der Waals surface area contributed by atoms with Crippen LogP contribution in [-0.2, 0) is 8.61 Å². The standard InChI is InChI=1S/C9H21NO2SSi/c1-9(2,3)14(4,5)12-7-8-6-11-13-10-8/h8,10H,6-7H2,1-5H3. The second-order valence-electron chi connectivity index (χ2n) is 5.25. The fraction of sp³-hybridized carbons (Fsp3) is 1.00. The van der Waals surface area contributed by atoms with Crippen LogP contribution in [0.2, 0.25) is 18.1 Å². The van der Waals surface area contributed by atoms with E-state index in [1.165, 1.54) is 12.2 Å². The van der Waals surface area contributed by atoms with Crippen LogP contribution >= 0.6 is 12.2 Å². The normalized spacial score (nSPS) is 24.2. The summed E-state index contributed by atoms with van der Waals surface area (Å²) in [4.78, 5) is 0. The maximum atomic E-state index is 6.06. The molecule has 14 heavy (non-hydrogen) atoms. The minimum absolute atomic E-state index is 0.291. The van der Waals surface area contributed by atoms with E-state index in [0.717, 1.165) is 13.2 Å². The topological polar surface area (TPSA) is 30.5 Å². The molecule has 0 aromatic carbocycles. The predicted molar refractivity (Wildman–Crippen MR) is 63.6 cm³/mol. The Hall–Kier alpha value is 0.447. The first kappa shape index (κ1) is 12.5. The molecule has 3 nitrogen and oxygen atoms in total. The molecule has 0 saturated carbocycles. The Morgan fingerprint density at radius 3 is 2.57 bits per heavy atom. The highest BCUT2D eigenvalue weighted by Crippen LogP contribution is 2.36. The van der Waals surface area contributed by atoms with E-state index in [2.05, 4.69) is 38.6 Å². The van der Waals surface area contributed by atoms with Gasteiger partial charge in [-0.1, -0.05) is 20.8 Å². The largest absolute Gasteiger partial charge is 0.415 e. The summed E-state index contributed by atoms with van der Waals surface area (Å²) >= 11 is 1.33. The lowest BCUT2D eigenvalue weighted by Crippen LogP contribution is -2.44. The third-order valence-electron chi connectivity index (χ3n) is 2.99. The van der Waals surface area contributed by atoms with Gasteiger partial charge in [0.2, 0.25) is 0 Å². The fourth-order valence-electron chi connectivity index (χ4n) is 0.860. The van der Waals surface area contributed by atoms with Gasteiger partial charge in [-0.25, -0.2) is 4.72 Å². The van der Waals surface area contributed by atoms with E-state index in [1.807, 2.05) is 0 Å². The molecule has 0 aromatic heterocycles. The van der Waals surface area contributed by atoms with Crippen molar-refractivity contribution in [2.75, 3.05) is 13.2 Å². The van der Waals surface area contributed by atoms with Crippen molar-refractivity contribution in [1.29, 1.82) is 0 Å². The molecule has 0 aliphatic carbocycles. The van der Waals surface area contributed by atoms with Crippen molar-refractivity contribution in [2.24, 2.45) is 0 Å². The zero-order chi connectivity index (χ0) is 10.8. The van der Waals surface area contributed by atoms with Gasteiger partial charge in [-0.15, -0.1) is 0 Å². The molecule has 1 atom stereocenters. The summed E-state index contributed by atoms with van der Waals surface area (Å²) in [7, 11) is -1.58. The maximum absolute atomic E-state index is 6.06. The van der Waals surface area contributed by atoms with Crippen LogP contribution in [0.1, 0.15) is 20.8 Å². The third kappa shape index (κ3) is 3.24. The molecule has 5 heteroatoms. The monoisotopic (exact) mass is 235 g/mol. The molecular weight excluding hydrogens is 214 g/mol. The first-order valence-corrected chi connectivity index (χ1v) is 8.66. The minimum Gasteiger partial charge on any atom is -0.415 e. The molecule has 1 heterocycles. The molecular formula is C9H21NO2SSi. The van der Waals surface area contributed by atoms with E-state index in [9.17, 15) is 0 Å². The van der Waals surface area contributed by atoms with E-state index in [1.54, 1.807) is 0 Å². The number of hydrogen-bond acceptors (Lipinski definition) is 4. The summed E-state index contributed by atoms with van der Waals surface area (Å²) in [5, 5.41) is 0.291. The van der Waals surface area contributed by atoms with E-state index in [0.29, 0.717) is 11.1 Å². The quantitative estimate of drug-likeness (QED) is 0.463. The second kappa shape index (κ2) is 4.53. The molecule has 84 valence electrons.